The van der Waals surface area contributed by atoms with Crippen LogP contribution in [0, 0.1) is 18.8 Å². The minimum atomic E-state index is -1.52. The van der Waals surface area contributed by atoms with Crippen LogP contribution in [0.4, 0.5) is 11.4 Å². The third-order valence-electron chi connectivity index (χ3n) is 7.42. The van der Waals surface area contributed by atoms with Crippen LogP contribution in [0.3, 0.4) is 0 Å². The number of hydrogen-bond donors (Lipinski definition) is 3. The van der Waals surface area contributed by atoms with E-state index in [-0.39, 0.29) is 30.7 Å². The van der Waals surface area contributed by atoms with Crippen molar-refractivity contribution in [2.24, 2.45) is 17.6 Å². The zero-order valence-corrected chi connectivity index (χ0v) is 20.9. The summed E-state index contributed by atoms with van der Waals surface area (Å²) in [5.41, 5.74) is 6.06. The molecule has 1 spiro atoms. The van der Waals surface area contributed by atoms with Crippen LogP contribution < -0.4 is 21.3 Å². The Balaban J connectivity index is 1.59. The Morgan fingerprint density at radius 1 is 1.11 bits per heavy atom. The van der Waals surface area contributed by atoms with Gasteiger partial charge in [0.25, 0.3) is 0 Å². The van der Waals surface area contributed by atoms with E-state index < -0.39 is 53.0 Å². The Morgan fingerprint density at radius 2 is 1.81 bits per heavy atom. The number of hydrogen-bond acceptors (Lipinski definition) is 7. The second-order valence-corrected chi connectivity index (χ2v) is 9.80. The topological polar surface area (TPSA) is 148 Å². The fraction of sp³-hybridized carbons (Fsp3) is 0.346. The Morgan fingerprint density at radius 3 is 2.46 bits per heavy atom. The summed E-state index contributed by atoms with van der Waals surface area (Å²) in [4.78, 5) is 66.0. The van der Waals surface area contributed by atoms with Crippen molar-refractivity contribution in [3.05, 3.63) is 58.1 Å². The predicted octanol–water partition coefficient (Wildman–Crippen LogP) is 2.02. The number of fused-ring (bicyclic) bond motifs is 4. The van der Waals surface area contributed by atoms with E-state index in [1.165, 1.54) is 24.3 Å². The van der Waals surface area contributed by atoms with Crippen molar-refractivity contribution in [2.45, 2.75) is 38.3 Å². The van der Waals surface area contributed by atoms with Gasteiger partial charge in [0.05, 0.1) is 35.4 Å². The largest absolute Gasteiger partial charge is 0.462 e. The molecule has 0 bridgehead atoms. The number of halogens is 1. The highest BCUT2D eigenvalue weighted by Crippen LogP contribution is 2.55. The van der Waals surface area contributed by atoms with E-state index in [1.807, 2.05) is 0 Å². The van der Waals surface area contributed by atoms with E-state index in [4.69, 9.17) is 22.1 Å². The lowest BCUT2D eigenvalue weighted by Gasteiger charge is -2.29. The Bertz CT molecular complexity index is 1360. The van der Waals surface area contributed by atoms with Crippen molar-refractivity contribution in [3.8, 4) is 0 Å². The van der Waals surface area contributed by atoms with Crippen molar-refractivity contribution in [2.75, 3.05) is 16.8 Å². The molecule has 2 aromatic carbocycles. The number of carbonyl (C=O) groups excluding carboxylic acids is 5. The van der Waals surface area contributed by atoms with Crippen LogP contribution in [-0.2, 0) is 29.5 Å². The average molecular weight is 525 g/mol. The molecule has 5 rings (SSSR count). The quantitative estimate of drug-likeness (QED) is 0.386. The van der Waals surface area contributed by atoms with Gasteiger partial charge in [-0.15, -0.1) is 0 Å². The van der Waals surface area contributed by atoms with Gasteiger partial charge < -0.3 is 15.8 Å². The number of nitrogens with one attached hydrogen (secondary N) is 2. The minimum absolute atomic E-state index is 0.0270. The van der Waals surface area contributed by atoms with E-state index in [2.05, 4.69) is 10.6 Å². The normalized spacial score (nSPS) is 25.9. The molecule has 0 saturated carbocycles. The molecule has 10 nitrogen and oxygen atoms in total. The first-order valence-electron chi connectivity index (χ1n) is 11.9. The number of benzene rings is 2. The van der Waals surface area contributed by atoms with E-state index in [0.717, 1.165) is 4.90 Å². The van der Waals surface area contributed by atoms with E-state index >= 15 is 0 Å². The number of rotatable bonds is 6. The van der Waals surface area contributed by atoms with E-state index in [0.29, 0.717) is 21.8 Å². The highest BCUT2D eigenvalue weighted by molar-refractivity contribution is 6.32. The monoisotopic (exact) mass is 524 g/mol. The van der Waals surface area contributed by atoms with Crippen molar-refractivity contribution in [1.82, 2.24) is 5.32 Å². The van der Waals surface area contributed by atoms with E-state index in [1.54, 1.807) is 26.0 Å². The van der Waals surface area contributed by atoms with Gasteiger partial charge in [0.1, 0.15) is 5.54 Å². The van der Waals surface area contributed by atoms with Crippen LogP contribution in [0.25, 0.3) is 0 Å². The molecule has 4 N–H and O–H groups in total. The van der Waals surface area contributed by atoms with Gasteiger partial charge in [0, 0.05) is 23.0 Å². The fourth-order valence-corrected chi connectivity index (χ4v) is 5.91. The molecule has 2 fully saturated rings. The van der Waals surface area contributed by atoms with Gasteiger partial charge in [-0.1, -0.05) is 17.7 Å². The molecule has 3 aliphatic heterocycles. The van der Waals surface area contributed by atoms with Crippen LogP contribution >= 0.6 is 11.6 Å². The van der Waals surface area contributed by atoms with Gasteiger partial charge in [-0.25, -0.2) is 9.69 Å². The lowest BCUT2D eigenvalue weighted by atomic mass is 9.76. The number of imide groups is 1. The zero-order chi connectivity index (χ0) is 26.6. The van der Waals surface area contributed by atoms with Gasteiger partial charge in [-0.2, -0.15) is 0 Å². The van der Waals surface area contributed by atoms with Gasteiger partial charge in [0.15, 0.2) is 0 Å². The van der Waals surface area contributed by atoms with Crippen molar-refractivity contribution in [1.29, 1.82) is 0 Å². The van der Waals surface area contributed by atoms with Gasteiger partial charge in [0.2, 0.25) is 23.6 Å². The number of ether oxygens (including phenoxy) is 1. The lowest BCUT2D eigenvalue weighted by molar-refractivity contribution is -0.130. The number of amides is 4. The second kappa shape index (κ2) is 8.97. The van der Waals surface area contributed by atoms with Crippen molar-refractivity contribution in [3.63, 3.8) is 0 Å². The standard InChI is InChI=1S/C26H25ClN4O6/c1-3-37-24(35)13-4-6-14(7-5-13)31-22(33)19-17(10-11-18(28)32)30-26(20(19)23(31)34)15-8-9-16(27)12(2)21(15)29-25(26)36/h4-9,17,19-20,30H,3,10-11H2,1-2H3,(H2,28,32)(H,29,36)/t17-,19-,20-,26+/m0/s1. The molecule has 0 unspecified atom stereocenters. The Labute approximate surface area is 217 Å². The summed E-state index contributed by atoms with van der Waals surface area (Å²) in [6.45, 7) is 3.66. The molecule has 3 heterocycles. The maximum Gasteiger partial charge on any atom is 0.338 e. The van der Waals surface area contributed by atoms with Crippen LogP contribution in [-0.4, -0.2) is 42.2 Å². The second-order valence-electron chi connectivity index (χ2n) is 9.40. The SMILES string of the molecule is CCOC(=O)c1ccc(N2C(=O)[C@H]3[C@H](CCC(N)=O)N[C@@]4(C(=O)Nc5c4ccc(Cl)c5C)[C@@H]3C2=O)cc1. The number of esters is 1. The van der Waals surface area contributed by atoms with Gasteiger partial charge in [-0.3, -0.25) is 24.5 Å². The first-order chi connectivity index (χ1) is 17.6. The number of carbonyl (C=O) groups is 5. The third-order valence-corrected chi connectivity index (χ3v) is 7.83. The van der Waals surface area contributed by atoms with Crippen molar-refractivity contribution >= 4 is 52.6 Å². The summed E-state index contributed by atoms with van der Waals surface area (Å²) in [5, 5.41) is 6.56. The predicted molar refractivity (Wildman–Crippen MR) is 134 cm³/mol. The molecule has 3 aliphatic rings. The molecular formula is C26H25ClN4O6. The average Bonchev–Trinajstić information content (AvgIpc) is 3.45. The first kappa shape index (κ1) is 24.9. The molecule has 192 valence electrons. The summed E-state index contributed by atoms with van der Waals surface area (Å²) in [5.74, 6) is -4.57. The highest BCUT2D eigenvalue weighted by atomic mass is 35.5. The number of nitrogens with zero attached hydrogens (tertiary/aromatic N) is 1. The van der Waals surface area contributed by atoms with Gasteiger partial charge in [-0.05, 0) is 56.2 Å². The van der Waals surface area contributed by atoms with E-state index in [9.17, 15) is 24.0 Å². The highest BCUT2D eigenvalue weighted by Gasteiger charge is 2.70. The molecule has 4 amide bonds. The van der Waals surface area contributed by atoms with Crippen LogP contribution in [0.5, 0.6) is 0 Å². The molecular weight excluding hydrogens is 500 g/mol. The molecule has 11 heteroatoms. The maximum atomic E-state index is 13.9. The number of primary amides is 1. The molecule has 0 aliphatic carbocycles. The fourth-order valence-electron chi connectivity index (χ4n) is 5.75. The molecule has 0 aromatic heterocycles. The zero-order valence-electron chi connectivity index (χ0n) is 20.2. The Hall–Kier alpha value is -3.76. The van der Waals surface area contributed by atoms with Crippen LogP contribution in [0.2, 0.25) is 5.02 Å². The summed E-state index contributed by atoms with van der Waals surface area (Å²) >= 11 is 6.28. The summed E-state index contributed by atoms with van der Waals surface area (Å²) in [6.07, 6.45) is 0.142. The summed E-state index contributed by atoms with van der Waals surface area (Å²) in [6, 6.07) is 8.61. The summed E-state index contributed by atoms with van der Waals surface area (Å²) < 4.78 is 5.00. The molecule has 2 saturated heterocycles. The minimum Gasteiger partial charge on any atom is -0.462 e. The number of nitrogens with two attached hydrogens (primary N) is 1. The van der Waals surface area contributed by atoms with Crippen LogP contribution in [0.15, 0.2) is 36.4 Å². The summed E-state index contributed by atoms with van der Waals surface area (Å²) in [7, 11) is 0. The smallest absolute Gasteiger partial charge is 0.338 e. The number of anilines is 2. The maximum absolute atomic E-state index is 13.9. The lowest BCUT2D eigenvalue weighted by Crippen LogP contribution is -2.53. The Kier molecular flexibility index (Phi) is 6.04. The molecule has 37 heavy (non-hydrogen) atoms. The first-order valence-corrected chi connectivity index (χ1v) is 12.3. The molecule has 0 radical (unpaired) electrons. The van der Waals surface area contributed by atoms with Gasteiger partial charge >= 0.3 is 5.97 Å². The molecule has 4 atom stereocenters. The molecule has 2 aromatic rings. The van der Waals surface area contributed by atoms with Crippen LogP contribution in [0.1, 0.15) is 41.3 Å². The third kappa shape index (κ3) is 3.62. The van der Waals surface area contributed by atoms with Crippen molar-refractivity contribution < 1.29 is 28.7 Å².